The predicted octanol–water partition coefficient (Wildman–Crippen LogP) is 2.10. The zero-order chi connectivity index (χ0) is 12.3. The van der Waals surface area contributed by atoms with Crippen LogP contribution in [0.3, 0.4) is 0 Å². The molecule has 0 saturated heterocycles. The zero-order valence-corrected chi connectivity index (χ0v) is 9.02. The summed E-state index contributed by atoms with van der Waals surface area (Å²) in [7, 11) is 0. The molecular weight excluding hydrogens is 218 g/mol. The number of allylic oxidation sites excluding steroid dienone is 2. The maximum absolute atomic E-state index is 11.4. The molecule has 2 rings (SSSR count). The van der Waals surface area contributed by atoms with Crippen molar-refractivity contribution in [3.05, 3.63) is 70.3 Å². The summed E-state index contributed by atoms with van der Waals surface area (Å²) in [6.45, 7) is 0. The molecule has 17 heavy (non-hydrogen) atoms. The first-order valence-corrected chi connectivity index (χ1v) is 5.23. The van der Waals surface area contributed by atoms with Crippen LogP contribution in [0.2, 0.25) is 0 Å². The van der Waals surface area contributed by atoms with Crippen LogP contribution in [-0.2, 0) is 10.3 Å². The smallest absolute Gasteiger partial charge is 0.278 e. The summed E-state index contributed by atoms with van der Waals surface area (Å²) in [5.74, 6) is -0.773. The molecule has 1 aliphatic rings. The molecular formula is C13H11NO3. The van der Waals surface area contributed by atoms with E-state index in [0.29, 0.717) is 11.8 Å². The summed E-state index contributed by atoms with van der Waals surface area (Å²) in [6, 6.07) is 8.59. The van der Waals surface area contributed by atoms with E-state index in [1.807, 2.05) is 0 Å². The van der Waals surface area contributed by atoms with Gasteiger partial charge in [0.15, 0.2) is 0 Å². The van der Waals surface area contributed by atoms with E-state index in [1.54, 1.807) is 48.6 Å². The van der Waals surface area contributed by atoms with Gasteiger partial charge in [-0.1, -0.05) is 48.6 Å². The summed E-state index contributed by atoms with van der Waals surface area (Å²) in [4.78, 5) is 22.1. The van der Waals surface area contributed by atoms with E-state index in [4.69, 9.17) is 0 Å². The van der Waals surface area contributed by atoms with Gasteiger partial charge in [0, 0.05) is 10.5 Å². The number of benzene rings is 1. The fourth-order valence-corrected chi connectivity index (χ4v) is 2.07. The molecule has 1 aromatic rings. The molecule has 0 N–H and O–H groups in total. The zero-order valence-electron chi connectivity index (χ0n) is 9.02. The molecule has 0 bridgehead atoms. The van der Waals surface area contributed by atoms with Gasteiger partial charge in [-0.2, -0.15) is 0 Å². The Morgan fingerprint density at radius 1 is 1.24 bits per heavy atom. The van der Waals surface area contributed by atoms with Crippen LogP contribution < -0.4 is 0 Å². The van der Waals surface area contributed by atoms with E-state index in [9.17, 15) is 14.9 Å². The van der Waals surface area contributed by atoms with Crippen LogP contribution in [-0.4, -0.2) is 11.2 Å². The average Bonchev–Trinajstić information content (AvgIpc) is 2.39. The van der Waals surface area contributed by atoms with Crippen molar-refractivity contribution in [3.8, 4) is 0 Å². The second-order valence-corrected chi connectivity index (χ2v) is 3.85. The van der Waals surface area contributed by atoms with Gasteiger partial charge >= 0.3 is 0 Å². The summed E-state index contributed by atoms with van der Waals surface area (Å²) in [6.07, 6.45) is 6.92. The number of nitrogens with zero attached hydrogens (tertiary/aromatic N) is 1. The molecule has 0 aromatic heterocycles. The van der Waals surface area contributed by atoms with Crippen LogP contribution in [0, 0.1) is 16.0 Å². The van der Waals surface area contributed by atoms with E-state index in [1.165, 1.54) is 6.08 Å². The normalized spacial score (nSPS) is 26.7. The van der Waals surface area contributed by atoms with Crippen LogP contribution in [0.25, 0.3) is 0 Å². The second kappa shape index (κ2) is 4.33. The van der Waals surface area contributed by atoms with Gasteiger partial charge in [0.2, 0.25) is 0 Å². The molecule has 1 aliphatic carbocycles. The molecule has 0 radical (unpaired) electrons. The van der Waals surface area contributed by atoms with E-state index in [-0.39, 0.29) is 0 Å². The number of nitro groups is 1. The van der Waals surface area contributed by atoms with Gasteiger partial charge in [0.25, 0.3) is 5.54 Å². The van der Waals surface area contributed by atoms with Crippen LogP contribution in [0.15, 0.2) is 54.6 Å². The summed E-state index contributed by atoms with van der Waals surface area (Å²) >= 11 is 0. The molecule has 0 saturated carbocycles. The average molecular weight is 229 g/mol. The van der Waals surface area contributed by atoms with Gasteiger partial charge in [0.1, 0.15) is 12.2 Å². The lowest BCUT2D eigenvalue weighted by Gasteiger charge is -2.27. The fourth-order valence-electron chi connectivity index (χ4n) is 2.07. The van der Waals surface area contributed by atoms with Crippen molar-refractivity contribution in [3.63, 3.8) is 0 Å². The first-order chi connectivity index (χ1) is 8.21. The van der Waals surface area contributed by atoms with Gasteiger partial charge in [0.05, 0.1) is 0 Å². The Labute approximate surface area is 98.4 Å². The van der Waals surface area contributed by atoms with Gasteiger partial charge < -0.3 is 4.79 Å². The maximum atomic E-state index is 11.4. The molecule has 2 unspecified atom stereocenters. The Hall–Kier alpha value is -2.23. The highest BCUT2D eigenvalue weighted by atomic mass is 16.6. The number of hydrogen-bond acceptors (Lipinski definition) is 3. The molecule has 0 amide bonds. The van der Waals surface area contributed by atoms with E-state index < -0.39 is 16.4 Å². The topological polar surface area (TPSA) is 60.2 Å². The molecule has 0 spiro atoms. The molecule has 4 heteroatoms. The van der Waals surface area contributed by atoms with Crippen molar-refractivity contribution in [2.75, 3.05) is 0 Å². The minimum atomic E-state index is -1.47. The standard InChI is InChI=1S/C13H11NO3/c15-10-12-8-4-5-9-13(12,14(16)17)11-6-2-1-3-7-11/h1-10,12H. The molecule has 4 nitrogen and oxygen atoms in total. The van der Waals surface area contributed by atoms with Gasteiger partial charge in [-0.3, -0.25) is 10.1 Å². The van der Waals surface area contributed by atoms with E-state index in [0.717, 1.165) is 0 Å². The number of hydrogen-bond donors (Lipinski definition) is 0. The first-order valence-electron chi connectivity index (χ1n) is 5.23. The van der Waals surface area contributed by atoms with Gasteiger partial charge in [-0.15, -0.1) is 0 Å². The van der Waals surface area contributed by atoms with E-state index >= 15 is 0 Å². The third-order valence-corrected chi connectivity index (χ3v) is 2.97. The highest BCUT2D eigenvalue weighted by molar-refractivity contribution is 5.62. The number of carbonyl (C=O) groups is 1. The van der Waals surface area contributed by atoms with Crippen molar-refractivity contribution in [1.82, 2.24) is 0 Å². The first kappa shape index (κ1) is 11.3. The molecule has 1 aromatic carbocycles. The molecule has 0 heterocycles. The Bertz CT molecular complexity index is 493. The van der Waals surface area contributed by atoms with Crippen LogP contribution in [0.4, 0.5) is 0 Å². The van der Waals surface area contributed by atoms with Crippen LogP contribution in [0.1, 0.15) is 5.56 Å². The molecule has 2 atom stereocenters. The van der Waals surface area contributed by atoms with Crippen molar-refractivity contribution in [2.45, 2.75) is 5.54 Å². The Morgan fingerprint density at radius 2 is 1.94 bits per heavy atom. The third kappa shape index (κ3) is 1.67. The van der Waals surface area contributed by atoms with Crippen molar-refractivity contribution >= 4 is 6.29 Å². The SMILES string of the molecule is O=CC1C=CC=CC1(c1ccccc1)[N+](=O)[O-]. The molecule has 0 aliphatic heterocycles. The predicted molar refractivity (Wildman–Crippen MR) is 62.9 cm³/mol. The van der Waals surface area contributed by atoms with E-state index in [2.05, 4.69) is 0 Å². The number of aldehydes is 1. The summed E-state index contributed by atoms with van der Waals surface area (Å²) in [5, 5.41) is 11.4. The number of rotatable bonds is 3. The fraction of sp³-hybridized carbons (Fsp3) is 0.154. The number of carbonyl (C=O) groups excluding carboxylic acids is 1. The lowest BCUT2D eigenvalue weighted by molar-refractivity contribution is -0.569. The molecule has 0 fully saturated rings. The second-order valence-electron chi connectivity index (χ2n) is 3.85. The Balaban J connectivity index is 2.61. The van der Waals surface area contributed by atoms with Crippen molar-refractivity contribution in [1.29, 1.82) is 0 Å². The quantitative estimate of drug-likeness (QED) is 0.453. The van der Waals surface area contributed by atoms with Gasteiger partial charge in [-0.05, 0) is 6.08 Å². The lowest BCUT2D eigenvalue weighted by Crippen LogP contribution is -2.42. The lowest BCUT2D eigenvalue weighted by atomic mass is 9.76. The van der Waals surface area contributed by atoms with Crippen molar-refractivity contribution < 1.29 is 9.72 Å². The highest BCUT2D eigenvalue weighted by Crippen LogP contribution is 2.36. The Morgan fingerprint density at radius 3 is 2.53 bits per heavy atom. The third-order valence-electron chi connectivity index (χ3n) is 2.97. The van der Waals surface area contributed by atoms with Crippen LogP contribution in [0.5, 0.6) is 0 Å². The van der Waals surface area contributed by atoms with Crippen LogP contribution >= 0.6 is 0 Å². The summed E-state index contributed by atoms with van der Waals surface area (Å²) < 4.78 is 0. The summed E-state index contributed by atoms with van der Waals surface area (Å²) in [5.41, 5.74) is -0.958. The molecule has 86 valence electrons. The largest absolute Gasteiger partial charge is 0.302 e. The minimum absolute atomic E-state index is 0.401. The highest BCUT2D eigenvalue weighted by Gasteiger charge is 2.49. The maximum Gasteiger partial charge on any atom is 0.278 e. The van der Waals surface area contributed by atoms with Crippen molar-refractivity contribution in [2.24, 2.45) is 5.92 Å². The monoisotopic (exact) mass is 229 g/mol. The van der Waals surface area contributed by atoms with Gasteiger partial charge in [-0.25, -0.2) is 0 Å². The Kier molecular flexibility index (Phi) is 2.87. The minimum Gasteiger partial charge on any atom is -0.302 e.